The van der Waals surface area contributed by atoms with Crippen LogP contribution >= 0.6 is 0 Å². The molecule has 2 aromatic heterocycles. The van der Waals surface area contributed by atoms with Gasteiger partial charge in [0.05, 0.1) is 11.6 Å². The Bertz CT molecular complexity index is 873. The molecule has 124 valence electrons. The molecule has 0 radical (unpaired) electrons. The number of aromatic nitrogens is 4. The van der Waals surface area contributed by atoms with Crippen LogP contribution in [0, 0.1) is 11.3 Å². The molecule has 0 saturated carbocycles. The van der Waals surface area contributed by atoms with Crippen molar-refractivity contribution in [1.82, 2.24) is 20.0 Å². The third-order valence-electron chi connectivity index (χ3n) is 4.32. The van der Waals surface area contributed by atoms with Crippen molar-refractivity contribution in [3.05, 3.63) is 60.4 Å². The summed E-state index contributed by atoms with van der Waals surface area (Å²) in [6.45, 7) is 3.51. The van der Waals surface area contributed by atoms with Crippen LogP contribution in [0.2, 0.25) is 0 Å². The van der Waals surface area contributed by atoms with Crippen LogP contribution in [0.1, 0.15) is 5.56 Å². The van der Waals surface area contributed by atoms with E-state index in [1.54, 1.807) is 10.9 Å². The lowest BCUT2D eigenvalue weighted by molar-refractivity contribution is 0.642. The summed E-state index contributed by atoms with van der Waals surface area (Å²) >= 11 is 0. The zero-order chi connectivity index (χ0) is 17.1. The smallest absolute Gasteiger partial charge is 0.175 e. The summed E-state index contributed by atoms with van der Waals surface area (Å²) in [5.74, 6) is 1.59. The van der Waals surface area contributed by atoms with E-state index in [0.717, 1.165) is 37.7 Å². The van der Waals surface area contributed by atoms with Gasteiger partial charge in [-0.15, -0.1) is 10.2 Å². The van der Waals surface area contributed by atoms with E-state index in [1.165, 1.54) is 0 Å². The molecule has 3 heterocycles. The number of anilines is 2. The van der Waals surface area contributed by atoms with Crippen molar-refractivity contribution in [2.45, 2.75) is 0 Å². The van der Waals surface area contributed by atoms with Gasteiger partial charge in [0.25, 0.3) is 0 Å². The van der Waals surface area contributed by atoms with E-state index >= 15 is 0 Å². The topological polar surface area (TPSA) is 73.9 Å². The summed E-state index contributed by atoms with van der Waals surface area (Å²) in [6.07, 6.45) is 3.56. The van der Waals surface area contributed by atoms with Gasteiger partial charge in [-0.1, -0.05) is 6.07 Å². The maximum atomic E-state index is 9.04. The van der Waals surface area contributed by atoms with Crippen LogP contribution in [0.3, 0.4) is 0 Å². The van der Waals surface area contributed by atoms with Crippen LogP contribution in [0.15, 0.2) is 54.9 Å². The molecule has 0 N–H and O–H groups in total. The maximum absolute atomic E-state index is 9.04. The van der Waals surface area contributed by atoms with Gasteiger partial charge >= 0.3 is 0 Å². The molecule has 1 fully saturated rings. The number of hydrogen-bond donors (Lipinski definition) is 0. The van der Waals surface area contributed by atoms with Gasteiger partial charge < -0.3 is 9.80 Å². The lowest BCUT2D eigenvalue weighted by Gasteiger charge is -2.36. The predicted molar refractivity (Wildman–Crippen MR) is 94.7 cm³/mol. The summed E-state index contributed by atoms with van der Waals surface area (Å²) in [7, 11) is 0. The standard InChI is InChI=1S/C18H17N7/c19-14-15-3-1-4-16(13-15)23-9-11-24(12-10-23)17-5-6-18(22-21-17)25-8-2-7-20-25/h1-8,13H,9-12H2. The van der Waals surface area contributed by atoms with Crippen molar-refractivity contribution in [2.75, 3.05) is 36.0 Å². The summed E-state index contributed by atoms with van der Waals surface area (Å²) in [5.41, 5.74) is 1.79. The Balaban J connectivity index is 1.42. The van der Waals surface area contributed by atoms with E-state index in [4.69, 9.17) is 5.26 Å². The minimum absolute atomic E-state index is 0.694. The van der Waals surface area contributed by atoms with Crippen molar-refractivity contribution in [3.63, 3.8) is 0 Å². The maximum Gasteiger partial charge on any atom is 0.175 e. The first-order valence-corrected chi connectivity index (χ1v) is 8.17. The first kappa shape index (κ1) is 15.1. The van der Waals surface area contributed by atoms with Gasteiger partial charge in [0.2, 0.25) is 0 Å². The van der Waals surface area contributed by atoms with Crippen LogP contribution in [-0.2, 0) is 0 Å². The van der Waals surface area contributed by atoms with E-state index in [9.17, 15) is 0 Å². The van der Waals surface area contributed by atoms with Crippen LogP contribution < -0.4 is 9.80 Å². The predicted octanol–water partition coefficient (Wildman–Crippen LogP) is 1.86. The largest absolute Gasteiger partial charge is 0.368 e. The fraction of sp³-hybridized carbons (Fsp3) is 0.222. The summed E-state index contributed by atoms with van der Waals surface area (Å²) in [4.78, 5) is 4.52. The number of benzene rings is 1. The molecule has 0 unspecified atom stereocenters. The van der Waals surface area contributed by atoms with Crippen molar-refractivity contribution in [2.24, 2.45) is 0 Å². The quantitative estimate of drug-likeness (QED) is 0.729. The van der Waals surface area contributed by atoms with Crippen molar-refractivity contribution in [3.8, 4) is 11.9 Å². The molecule has 4 rings (SSSR count). The first-order valence-electron chi connectivity index (χ1n) is 8.17. The number of hydrogen-bond acceptors (Lipinski definition) is 6. The highest BCUT2D eigenvalue weighted by Crippen LogP contribution is 2.20. The average molecular weight is 331 g/mol. The third-order valence-corrected chi connectivity index (χ3v) is 4.32. The van der Waals surface area contributed by atoms with Gasteiger partial charge in [-0.2, -0.15) is 10.4 Å². The summed E-state index contributed by atoms with van der Waals surface area (Å²) in [6, 6.07) is 15.7. The second kappa shape index (κ2) is 6.61. The highest BCUT2D eigenvalue weighted by Gasteiger charge is 2.19. The monoisotopic (exact) mass is 331 g/mol. The Morgan fingerprint density at radius 3 is 2.32 bits per heavy atom. The molecule has 0 bridgehead atoms. The van der Waals surface area contributed by atoms with E-state index in [0.29, 0.717) is 11.4 Å². The molecule has 3 aromatic rings. The second-order valence-corrected chi connectivity index (χ2v) is 5.84. The molecule has 7 heteroatoms. The normalized spacial score (nSPS) is 14.4. The zero-order valence-electron chi connectivity index (χ0n) is 13.7. The van der Waals surface area contributed by atoms with E-state index in [2.05, 4.69) is 37.2 Å². The van der Waals surface area contributed by atoms with Crippen molar-refractivity contribution >= 4 is 11.5 Å². The van der Waals surface area contributed by atoms with Crippen LogP contribution in [0.5, 0.6) is 0 Å². The molecular formula is C18H17N7. The molecule has 0 atom stereocenters. The molecule has 0 amide bonds. The molecular weight excluding hydrogens is 314 g/mol. The van der Waals surface area contributed by atoms with Gasteiger partial charge in [0, 0.05) is 44.3 Å². The number of nitriles is 1. The Morgan fingerprint density at radius 2 is 1.64 bits per heavy atom. The Hall–Kier alpha value is -3.40. The summed E-state index contributed by atoms with van der Waals surface area (Å²) in [5, 5.41) is 21.8. The van der Waals surface area contributed by atoms with Gasteiger partial charge in [0.1, 0.15) is 0 Å². The van der Waals surface area contributed by atoms with Gasteiger partial charge in [-0.05, 0) is 36.4 Å². The minimum Gasteiger partial charge on any atom is -0.368 e. The Labute approximate surface area is 145 Å². The highest BCUT2D eigenvalue weighted by atomic mass is 15.4. The third kappa shape index (κ3) is 3.15. The Morgan fingerprint density at radius 1 is 0.880 bits per heavy atom. The van der Waals surface area contributed by atoms with E-state index in [1.807, 2.05) is 42.6 Å². The SMILES string of the molecule is N#Cc1cccc(N2CCN(c3ccc(-n4cccn4)nn3)CC2)c1. The Kier molecular flexibility index (Phi) is 4.01. The molecule has 1 aliphatic rings. The fourth-order valence-corrected chi connectivity index (χ4v) is 2.98. The van der Waals surface area contributed by atoms with E-state index < -0.39 is 0 Å². The number of nitrogens with zero attached hydrogens (tertiary/aromatic N) is 7. The van der Waals surface area contributed by atoms with E-state index in [-0.39, 0.29) is 0 Å². The number of rotatable bonds is 3. The van der Waals surface area contributed by atoms with Gasteiger partial charge in [0.15, 0.2) is 11.6 Å². The lowest BCUT2D eigenvalue weighted by Crippen LogP contribution is -2.46. The highest BCUT2D eigenvalue weighted by molar-refractivity contribution is 5.53. The molecule has 1 saturated heterocycles. The molecule has 1 aromatic carbocycles. The minimum atomic E-state index is 0.694. The lowest BCUT2D eigenvalue weighted by atomic mass is 10.2. The second-order valence-electron chi connectivity index (χ2n) is 5.84. The summed E-state index contributed by atoms with van der Waals surface area (Å²) < 4.78 is 1.69. The van der Waals surface area contributed by atoms with Gasteiger partial charge in [-0.25, -0.2) is 4.68 Å². The molecule has 7 nitrogen and oxygen atoms in total. The number of piperazine rings is 1. The van der Waals surface area contributed by atoms with Crippen LogP contribution in [-0.4, -0.2) is 46.2 Å². The molecule has 25 heavy (non-hydrogen) atoms. The van der Waals surface area contributed by atoms with Crippen LogP contribution in [0.4, 0.5) is 11.5 Å². The van der Waals surface area contributed by atoms with Gasteiger partial charge in [-0.3, -0.25) is 0 Å². The molecule has 0 spiro atoms. The van der Waals surface area contributed by atoms with Crippen molar-refractivity contribution in [1.29, 1.82) is 5.26 Å². The van der Waals surface area contributed by atoms with Crippen molar-refractivity contribution < 1.29 is 0 Å². The van der Waals surface area contributed by atoms with Crippen LogP contribution in [0.25, 0.3) is 5.82 Å². The first-order chi connectivity index (χ1) is 12.3. The average Bonchev–Trinajstić information content (AvgIpc) is 3.23. The zero-order valence-corrected chi connectivity index (χ0v) is 13.7. The molecule has 0 aliphatic carbocycles. The fourth-order valence-electron chi connectivity index (χ4n) is 2.98. The molecule has 1 aliphatic heterocycles.